The Morgan fingerprint density at radius 3 is 2.48 bits per heavy atom. The Labute approximate surface area is 172 Å². The van der Waals surface area contributed by atoms with Crippen LogP contribution in [0.4, 0.5) is 4.79 Å². The summed E-state index contributed by atoms with van der Waals surface area (Å²) in [5.41, 5.74) is 2.38. The third kappa shape index (κ3) is 3.85. The van der Waals surface area contributed by atoms with Crippen molar-refractivity contribution in [1.29, 1.82) is 0 Å². The number of nitrogens with one attached hydrogen (secondary N) is 1. The molecule has 1 aliphatic heterocycles. The van der Waals surface area contributed by atoms with Gasteiger partial charge in [0.05, 0.1) is 6.04 Å². The first-order valence-corrected chi connectivity index (χ1v) is 10.6. The Morgan fingerprint density at radius 1 is 0.897 bits per heavy atom. The summed E-state index contributed by atoms with van der Waals surface area (Å²) in [5.74, 6) is 0. The molecule has 4 heteroatoms. The molecule has 1 aliphatic carbocycles. The highest BCUT2D eigenvalue weighted by Crippen LogP contribution is 2.33. The van der Waals surface area contributed by atoms with Gasteiger partial charge < -0.3 is 10.2 Å². The second-order valence-electron chi connectivity index (χ2n) is 8.14. The molecule has 1 saturated heterocycles. The summed E-state index contributed by atoms with van der Waals surface area (Å²) in [4.78, 5) is 17.8. The van der Waals surface area contributed by atoms with Crippen LogP contribution < -0.4 is 5.32 Å². The second kappa shape index (κ2) is 7.88. The molecule has 3 aromatic rings. The molecule has 4 nitrogen and oxygen atoms in total. The summed E-state index contributed by atoms with van der Waals surface area (Å²) in [6, 6.07) is 25.9. The van der Waals surface area contributed by atoms with Gasteiger partial charge in [0.25, 0.3) is 0 Å². The van der Waals surface area contributed by atoms with Gasteiger partial charge in [0.2, 0.25) is 0 Å². The smallest absolute Gasteiger partial charge is 0.318 e. The van der Waals surface area contributed by atoms with E-state index in [2.05, 4.69) is 76.9 Å². The highest BCUT2D eigenvalue weighted by Gasteiger charge is 2.37. The molecule has 1 atom stereocenters. The zero-order chi connectivity index (χ0) is 19.6. The van der Waals surface area contributed by atoms with E-state index in [1.807, 2.05) is 11.0 Å². The average Bonchev–Trinajstić information content (AvgIpc) is 3.63. The number of rotatable bonds is 4. The van der Waals surface area contributed by atoms with Gasteiger partial charge in [0, 0.05) is 32.2 Å². The molecular weight excluding hydrogens is 358 g/mol. The van der Waals surface area contributed by atoms with Crippen LogP contribution in [0.25, 0.3) is 10.8 Å². The Balaban J connectivity index is 1.33. The van der Waals surface area contributed by atoms with Gasteiger partial charge in [-0.25, -0.2) is 4.79 Å². The number of piperazine rings is 1. The van der Waals surface area contributed by atoms with Gasteiger partial charge in [-0.15, -0.1) is 0 Å². The van der Waals surface area contributed by atoms with Gasteiger partial charge in [-0.1, -0.05) is 72.8 Å². The Hall–Kier alpha value is -2.85. The van der Waals surface area contributed by atoms with Crippen LogP contribution in [0.1, 0.15) is 30.0 Å². The molecule has 1 unspecified atom stereocenters. The van der Waals surface area contributed by atoms with E-state index in [9.17, 15) is 4.79 Å². The highest BCUT2D eigenvalue weighted by atomic mass is 16.2. The SMILES string of the molecule is O=C(NCc1cccc2ccccc12)N1CCN(C2CC2)CC1c1ccccc1. The maximum absolute atomic E-state index is 13.2. The van der Waals surface area contributed by atoms with E-state index >= 15 is 0 Å². The molecule has 0 bridgehead atoms. The third-order valence-corrected chi connectivity index (χ3v) is 6.23. The normalized spacial score (nSPS) is 20.0. The largest absolute Gasteiger partial charge is 0.334 e. The Kier molecular flexibility index (Phi) is 4.94. The second-order valence-corrected chi connectivity index (χ2v) is 8.14. The fourth-order valence-corrected chi connectivity index (χ4v) is 4.50. The lowest BCUT2D eigenvalue weighted by atomic mass is 10.0. The standard InChI is InChI=1S/C25H27N3O/c29-25(26-17-21-11-6-10-19-7-4-5-12-23(19)21)28-16-15-27(22-13-14-22)18-24(28)20-8-2-1-3-9-20/h1-12,22,24H,13-18H2,(H,26,29). The van der Waals surface area contributed by atoms with Crippen molar-refractivity contribution in [2.75, 3.05) is 19.6 Å². The predicted molar refractivity (Wildman–Crippen MR) is 117 cm³/mol. The minimum Gasteiger partial charge on any atom is -0.334 e. The van der Waals surface area contributed by atoms with Crippen LogP contribution in [0.2, 0.25) is 0 Å². The van der Waals surface area contributed by atoms with Gasteiger partial charge >= 0.3 is 6.03 Å². The van der Waals surface area contributed by atoms with Crippen LogP contribution in [0.5, 0.6) is 0 Å². The van der Waals surface area contributed by atoms with Gasteiger partial charge in [0.15, 0.2) is 0 Å². The molecule has 1 heterocycles. The van der Waals surface area contributed by atoms with Gasteiger partial charge in [-0.3, -0.25) is 4.90 Å². The van der Waals surface area contributed by atoms with Crippen molar-refractivity contribution in [3.8, 4) is 0 Å². The summed E-state index contributed by atoms with van der Waals surface area (Å²) in [7, 11) is 0. The Morgan fingerprint density at radius 2 is 1.66 bits per heavy atom. The molecule has 148 valence electrons. The lowest BCUT2D eigenvalue weighted by Gasteiger charge is -2.41. The van der Waals surface area contributed by atoms with Gasteiger partial charge in [-0.2, -0.15) is 0 Å². The van der Waals surface area contributed by atoms with Crippen molar-refractivity contribution in [3.63, 3.8) is 0 Å². The van der Waals surface area contributed by atoms with Crippen LogP contribution in [-0.2, 0) is 6.54 Å². The molecule has 5 rings (SSSR count). The topological polar surface area (TPSA) is 35.6 Å². The summed E-state index contributed by atoms with van der Waals surface area (Å²) >= 11 is 0. The molecule has 0 aromatic heterocycles. The van der Waals surface area contributed by atoms with Crippen LogP contribution in [-0.4, -0.2) is 41.5 Å². The van der Waals surface area contributed by atoms with Crippen LogP contribution in [0.3, 0.4) is 0 Å². The number of urea groups is 1. The third-order valence-electron chi connectivity index (χ3n) is 6.23. The van der Waals surface area contributed by atoms with E-state index in [0.29, 0.717) is 6.54 Å². The molecule has 3 aromatic carbocycles. The summed E-state index contributed by atoms with van der Waals surface area (Å²) in [5, 5.41) is 5.60. The Bertz CT molecular complexity index is 994. The summed E-state index contributed by atoms with van der Waals surface area (Å²) < 4.78 is 0. The number of amides is 2. The van der Waals surface area contributed by atoms with Crippen molar-refractivity contribution >= 4 is 16.8 Å². The van der Waals surface area contributed by atoms with Gasteiger partial charge in [-0.05, 0) is 34.7 Å². The van der Waals surface area contributed by atoms with Crippen LogP contribution in [0, 0.1) is 0 Å². The van der Waals surface area contributed by atoms with E-state index in [-0.39, 0.29) is 12.1 Å². The first-order valence-electron chi connectivity index (χ1n) is 10.6. The van der Waals surface area contributed by atoms with E-state index < -0.39 is 0 Å². The summed E-state index contributed by atoms with van der Waals surface area (Å²) in [6.45, 7) is 3.22. The molecular formula is C25H27N3O. The summed E-state index contributed by atoms with van der Waals surface area (Å²) in [6.07, 6.45) is 2.60. The van der Waals surface area contributed by atoms with Crippen molar-refractivity contribution in [3.05, 3.63) is 83.9 Å². The first kappa shape index (κ1) is 18.2. The molecule has 2 fully saturated rings. The monoisotopic (exact) mass is 385 g/mol. The average molecular weight is 386 g/mol. The van der Waals surface area contributed by atoms with E-state index in [0.717, 1.165) is 31.2 Å². The zero-order valence-electron chi connectivity index (χ0n) is 16.6. The van der Waals surface area contributed by atoms with E-state index in [1.54, 1.807) is 0 Å². The van der Waals surface area contributed by atoms with Crippen molar-refractivity contribution in [1.82, 2.24) is 15.1 Å². The van der Waals surface area contributed by atoms with Crippen molar-refractivity contribution < 1.29 is 4.79 Å². The zero-order valence-corrected chi connectivity index (χ0v) is 16.6. The maximum atomic E-state index is 13.2. The lowest BCUT2D eigenvalue weighted by Crippen LogP contribution is -2.53. The van der Waals surface area contributed by atoms with E-state index in [4.69, 9.17) is 0 Å². The lowest BCUT2D eigenvalue weighted by molar-refractivity contribution is 0.0890. The molecule has 2 amide bonds. The molecule has 1 N–H and O–H groups in total. The van der Waals surface area contributed by atoms with Crippen molar-refractivity contribution in [2.24, 2.45) is 0 Å². The minimum atomic E-state index is 0.0298. The van der Waals surface area contributed by atoms with E-state index in [1.165, 1.54) is 29.2 Å². The molecule has 0 spiro atoms. The molecule has 0 radical (unpaired) electrons. The predicted octanol–water partition coefficient (Wildman–Crippen LogP) is 4.57. The molecule has 29 heavy (non-hydrogen) atoms. The van der Waals surface area contributed by atoms with Crippen LogP contribution >= 0.6 is 0 Å². The van der Waals surface area contributed by atoms with Crippen LogP contribution in [0.15, 0.2) is 72.8 Å². The van der Waals surface area contributed by atoms with Gasteiger partial charge in [0.1, 0.15) is 0 Å². The highest BCUT2D eigenvalue weighted by molar-refractivity contribution is 5.86. The number of carbonyl (C=O) groups excluding carboxylic acids is 1. The van der Waals surface area contributed by atoms with Crippen molar-refractivity contribution in [2.45, 2.75) is 31.5 Å². The fraction of sp³-hybridized carbons (Fsp3) is 0.320. The first-order chi connectivity index (χ1) is 14.3. The number of benzene rings is 3. The molecule has 2 aliphatic rings. The molecule has 1 saturated carbocycles. The fourth-order valence-electron chi connectivity index (χ4n) is 4.50. The number of nitrogens with zero attached hydrogens (tertiary/aromatic N) is 2. The number of hydrogen-bond acceptors (Lipinski definition) is 2. The quantitative estimate of drug-likeness (QED) is 0.714. The number of carbonyl (C=O) groups is 1. The maximum Gasteiger partial charge on any atom is 0.318 e. The number of hydrogen-bond donors (Lipinski definition) is 1. The number of fused-ring (bicyclic) bond motifs is 1. The minimum absolute atomic E-state index is 0.0298.